The van der Waals surface area contributed by atoms with Crippen LogP contribution in [0.1, 0.15) is 18.4 Å². The Morgan fingerprint density at radius 2 is 2.05 bits per heavy atom. The zero-order chi connectivity index (χ0) is 14.6. The van der Waals surface area contributed by atoms with E-state index in [0.717, 1.165) is 11.3 Å². The fraction of sp³-hybridized carbons (Fsp3) is 0.467. The number of nitrogens with one attached hydrogen (secondary N) is 1. The second-order valence-electron chi connectivity index (χ2n) is 5.02. The molecule has 1 N–H and O–H groups in total. The van der Waals surface area contributed by atoms with Gasteiger partial charge in [-0.25, -0.2) is 0 Å². The first-order valence-corrected chi connectivity index (χ1v) is 6.49. The standard InChI is InChI=1S/C15H18N2O3/c1-19-13-5-3-11(4-6-13)9-17-15(10-16)7-12(8-15)14(18)20-2/h3-6,12,17H,7-9H2,1-2H3. The Balaban J connectivity index is 1.89. The zero-order valence-electron chi connectivity index (χ0n) is 11.7. The van der Waals surface area contributed by atoms with Crippen LogP contribution < -0.4 is 10.1 Å². The van der Waals surface area contributed by atoms with E-state index >= 15 is 0 Å². The molecule has 5 nitrogen and oxygen atoms in total. The van der Waals surface area contributed by atoms with E-state index in [9.17, 15) is 10.1 Å². The minimum atomic E-state index is -0.612. The van der Waals surface area contributed by atoms with Crippen LogP contribution in [0.5, 0.6) is 5.75 Å². The van der Waals surface area contributed by atoms with Gasteiger partial charge in [-0.15, -0.1) is 0 Å². The summed E-state index contributed by atoms with van der Waals surface area (Å²) in [5.74, 6) is 0.406. The molecular formula is C15H18N2O3. The van der Waals surface area contributed by atoms with Crippen molar-refractivity contribution in [1.82, 2.24) is 5.32 Å². The third-order valence-electron chi connectivity index (χ3n) is 3.73. The Morgan fingerprint density at radius 1 is 1.40 bits per heavy atom. The lowest BCUT2D eigenvalue weighted by atomic mass is 9.69. The molecule has 0 unspecified atom stereocenters. The number of benzene rings is 1. The summed E-state index contributed by atoms with van der Waals surface area (Å²) in [5, 5.41) is 12.5. The number of carbonyl (C=O) groups excluding carboxylic acids is 1. The maximum absolute atomic E-state index is 11.4. The third-order valence-corrected chi connectivity index (χ3v) is 3.73. The van der Waals surface area contributed by atoms with Crippen LogP contribution in [-0.2, 0) is 16.1 Å². The zero-order valence-corrected chi connectivity index (χ0v) is 11.7. The summed E-state index contributed by atoms with van der Waals surface area (Å²) in [6, 6.07) is 9.94. The highest BCUT2D eigenvalue weighted by Gasteiger charge is 2.48. The maximum atomic E-state index is 11.4. The van der Waals surface area contributed by atoms with E-state index in [4.69, 9.17) is 9.47 Å². The highest BCUT2D eigenvalue weighted by atomic mass is 16.5. The number of nitrogens with zero attached hydrogens (tertiary/aromatic N) is 1. The second-order valence-corrected chi connectivity index (χ2v) is 5.02. The van der Waals surface area contributed by atoms with E-state index in [1.54, 1.807) is 7.11 Å². The van der Waals surface area contributed by atoms with E-state index in [-0.39, 0.29) is 11.9 Å². The van der Waals surface area contributed by atoms with E-state index < -0.39 is 5.54 Å². The Morgan fingerprint density at radius 3 is 2.55 bits per heavy atom. The van der Waals surface area contributed by atoms with Crippen molar-refractivity contribution in [3.05, 3.63) is 29.8 Å². The molecule has 5 heteroatoms. The quantitative estimate of drug-likeness (QED) is 0.826. The molecular weight excluding hydrogens is 256 g/mol. The van der Waals surface area contributed by atoms with E-state index in [1.807, 2.05) is 24.3 Å². The van der Waals surface area contributed by atoms with Crippen LogP contribution in [0.3, 0.4) is 0 Å². The molecule has 106 valence electrons. The van der Waals surface area contributed by atoms with Crippen molar-refractivity contribution in [1.29, 1.82) is 5.26 Å². The predicted molar refractivity (Wildman–Crippen MR) is 72.9 cm³/mol. The molecule has 2 rings (SSSR count). The summed E-state index contributed by atoms with van der Waals surface area (Å²) < 4.78 is 9.79. The topological polar surface area (TPSA) is 71.4 Å². The lowest BCUT2D eigenvalue weighted by molar-refractivity contribution is -0.150. The van der Waals surface area contributed by atoms with Crippen molar-refractivity contribution in [3.63, 3.8) is 0 Å². The van der Waals surface area contributed by atoms with Crippen molar-refractivity contribution in [3.8, 4) is 11.8 Å². The van der Waals surface area contributed by atoms with Gasteiger partial charge >= 0.3 is 5.97 Å². The van der Waals surface area contributed by atoms with Crippen molar-refractivity contribution in [2.24, 2.45) is 5.92 Å². The van der Waals surface area contributed by atoms with Crippen LogP contribution in [0.15, 0.2) is 24.3 Å². The number of hydrogen-bond donors (Lipinski definition) is 1. The molecule has 0 amide bonds. The maximum Gasteiger partial charge on any atom is 0.308 e. The molecule has 20 heavy (non-hydrogen) atoms. The molecule has 0 atom stereocenters. The second kappa shape index (κ2) is 5.93. The lowest BCUT2D eigenvalue weighted by Crippen LogP contribution is -2.56. The van der Waals surface area contributed by atoms with Crippen LogP contribution in [0.25, 0.3) is 0 Å². The highest BCUT2D eigenvalue weighted by molar-refractivity contribution is 5.74. The van der Waals surface area contributed by atoms with Crippen LogP contribution >= 0.6 is 0 Å². The molecule has 1 aromatic carbocycles. The van der Waals surface area contributed by atoms with Crippen LogP contribution in [0.4, 0.5) is 0 Å². The van der Waals surface area contributed by atoms with Crippen molar-refractivity contribution in [2.75, 3.05) is 14.2 Å². The Labute approximate surface area is 118 Å². The number of esters is 1. The van der Waals surface area contributed by atoms with Crippen molar-refractivity contribution >= 4 is 5.97 Å². The first kappa shape index (κ1) is 14.4. The Hall–Kier alpha value is -2.06. The first-order chi connectivity index (χ1) is 9.62. The minimum Gasteiger partial charge on any atom is -0.497 e. The van der Waals surface area contributed by atoms with Gasteiger partial charge in [0.25, 0.3) is 0 Å². The number of ether oxygens (including phenoxy) is 2. The molecule has 1 fully saturated rings. The van der Waals surface area contributed by atoms with Gasteiger partial charge in [-0.05, 0) is 30.5 Å². The summed E-state index contributed by atoms with van der Waals surface area (Å²) in [4.78, 5) is 11.4. The number of carbonyl (C=O) groups is 1. The lowest BCUT2D eigenvalue weighted by Gasteiger charge is -2.41. The van der Waals surface area contributed by atoms with Gasteiger partial charge in [0.1, 0.15) is 11.3 Å². The molecule has 0 aliphatic heterocycles. The fourth-order valence-electron chi connectivity index (χ4n) is 2.40. The molecule has 0 saturated heterocycles. The van der Waals surface area contributed by atoms with E-state index in [2.05, 4.69) is 11.4 Å². The Bertz CT molecular complexity index is 513. The van der Waals surface area contributed by atoms with Gasteiger partial charge in [-0.3, -0.25) is 10.1 Å². The first-order valence-electron chi connectivity index (χ1n) is 6.49. The van der Waals surface area contributed by atoms with Gasteiger partial charge in [0.05, 0.1) is 26.2 Å². The van der Waals surface area contributed by atoms with Gasteiger partial charge in [-0.2, -0.15) is 5.26 Å². The molecule has 1 aliphatic rings. The van der Waals surface area contributed by atoms with Gasteiger partial charge in [0.2, 0.25) is 0 Å². The largest absolute Gasteiger partial charge is 0.497 e. The van der Waals surface area contributed by atoms with Gasteiger partial charge < -0.3 is 9.47 Å². The summed E-state index contributed by atoms with van der Waals surface area (Å²) >= 11 is 0. The van der Waals surface area contributed by atoms with Gasteiger partial charge in [0, 0.05) is 6.54 Å². The summed E-state index contributed by atoms with van der Waals surface area (Å²) in [5.41, 5.74) is 0.459. The SMILES string of the molecule is COC(=O)C1CC(C#N)(NCc2ccc(OC)cc2)C1. The van der Waals surface area contributed by atoms with E-state index in [0.29, 0.717) is 19.4 Å². The average molecular weight is 274 g/mol. The van der Waals surface area contributed by atoms with Crippen LogP contribution in [0, 0.1) is 17.2 Å². The molecule has 1 aromatic rings. The normalized spacial score (nSPS) is 24.4. The van der Waals surface area contributed by atoms with Crippen molar-refractivity contribution in [2.45, 2.75) is 24.9 Å². The number of rotatable bonds is 5. The van der Waals surface area contributed by atoms with Gasteiger partial charge in [0.15, 0.2) is 0 Å². The Kier molecular flexibility index (Phi) is 4.26. The molecule has 0 bridgehead atoms. The molecule has 0 spiro atoms. The van der Waals surface area contributed by atoms with Crippen LogP contribution in [0.2, 0.25) is 0 Å². The summed E-state index contributed by atoms with van der Waals surface area (Å²) in [7, 11) is 3.00. The molecule has 0 radical (unpaired) electrons. The third kappa shape index (κ3) is 2.91. The number of nitriles is 1. The van der Waals surface area contributed by atoms with Crippen molar-refractivity contribution < 1.29 is 14.3 Å². The summed E-state index contributed by atoms with van der Waals surface area (Å²) in [6.07, 6.45) is 1.01. The molecule has 1 aliphatic carbocycles. The average Bonchev–Trinajstić information content (AvgIpc) is 2.46. The molecule has 0 aromatic heterocycles. The van der Waals surface area contributed by atoms with Crippen LogP contribution in [-0.4, -0.2) is 25.7 Å². The predicted octanol–water partition coefficient (Wildman–Crippen LogP) is 1.63. The van der Waals surface area contributed by atoms with E-state index in [1.165, 1.54) is 7.11 Å². The smallest absolute Gasteiger partial charge is 0.308 e. The minimum absolute atomic E-state index is 0.164. The molecule has 0 heterocycles. The fourth-order valence-corrected chi connectivity index (χ4v) is 2.40. The molecule has 1 saturated carbocycles. The monoisotopic (exact) mass is 274 g/mol. The number of methoxy groups -OCH3 is 2. The van der Waals surface area contributed by atoms with Gasteiger partial charge in [-0.1, -0.05) is 12.1 Å². The number of hydrogen-bond acceptors (Lipinski definition) is 5. The highest BCUT2D eigenvalue weighted by Crippen LogP contribution is 2.38. The summed E-state index contributed by atoms with van der Waals surface area (Å²) in [6.45, 7) is 0.589.